The highest BCUT2D eigenvalue weighted by Gasteiger charge is 2.14. The van der Waals surface area contributed by atoms with Gasteiger partial charge in [0.15, 0.2) is 11.6 Å². The maximum Gasteiger partial charge on any atom is 0.277 e. The van der Waals surface area contributed by atoms with E-state index in [0.29, 0.717) is 11.1 Å². The summed E-state index contributed by atoms with van der Waals surface area (Å²) in [5.74, 6) is -1.01. The van der Waals surface area contributed by atoms with E-state index in [-0.39, 0.29) is 11.3 Å². The van der Waals surface area contributed by atoms with Gasteiger partial charge in [-0.25, -0.2) is 8.78 Å². The third-order valence-corrected chi connectivity index (χ3v) is 4.72. The molecule has 1 aromatic carbocycles. The normalized spacial score (nSPS) is 11.0. The first-order valence-corrected chi connectivity index (χ1v) is 7.95. The van der Waals surface area contributed by atoms with Gasteiger partial charge in [-0.15, -0.1) is 21.5 Å². The molecule has 0 amide bonds. The van der Waals surface area contributed by atoms with E-state index in [4.69, 9.17) is 4.42 Å². The molecule has 0 saturated carbocycles. The molecule has 3 nitrogen and oxygen atoms in total. The van der Waals surface area contributed by atoms with Crippen LogP contribution in [0.3, 0.4) is 0 Å². The number of benzene rings is 1. The van der Waals surface area contributed by atoms with Gasteiger partial charge in [0.1, 0.15) is 0 Å². The van der Waals surface area contributed by atoms with Crippen molar-refractivity contribution in [1.29, 1.82) is 0 Å². The molecule has 0 aliphatic heterocycles. The Morgan fingerprint density at radius 1 is 1.24 bits per heavy atom. The Bertz CT molecular complexity index is 770. The van der Waals surface area contributed by atoms with Crippen molar-refractivity contribution >= 4 is 23.1 Å². The van der Waals surface area contributed by atoms with Crippen LogP contribution in [-0.2, 0) is 5.75 Å². The molecule has 3 aromatic rings. The Labute approximate surface area is 128 Å². The zero-order valence-electron chi connectivity index (χ0n) is 11.0. The molecule has 0 bridgehead atoms. The molecule has 0 radical (unpaired) electrons. The topological polar surface area (TPSA) is 38.9 Å². The van der Waals surface area contributed by atoms with Gasteiger partial charge < -0.3 is 4.42 Å². The van der Waals surface area contributed by atoms with Gasteiger partial charge in [0.05, 0.1) is 4.88 Å². The van der Waals surface area contributed by atoms with E-state index in [9.17, 15) is 8.78 Å². The lowest BCUT2D eigenvalue weighted by Crippen LogP contribution is -1.91. The molecular formula is C14H10F2N2OS2. The van der Waals surface area contributed by atoms with Crippen molar-refractivity contribution in [2.45, 2.75) is 17.9 Å². The van der Waals surface area contributed by atoms with Crippen molar-refractivity contribution in [3.63, 3.8) is 0 Å². The average Bonchev–Trinajstić information content (AvgIpc) is 3.09. The summed E-state index contributed by atoms with van der Waals surface area (Å²) in [6.07, 6.45) is 0. The van der Waals surface area contributed by atoms with Crippen molar-refractivity contribution in [1.82, 2.24) is 10.2 Å². The maximum atomic E-state index is 13.5. The second-order valence-electron chi connectivity index (χ2n) is 4.31. The van der Waals surface area contributed by atoms with E-state index in [1.54, 1.807) is 0 Å². The van der Waals surface area contributed by atoms with Crippen LogP contribution in [0.4, 0.5) is 8.78 Å². The number of aromatic nitrogens is 2. The third-order valence-electron chi connectivity index (χ3n) is 2.85. The summed E-state index contributed by atoms with van der Waals surface area (Å²) in [6, 6.07) is 6.07. The molecule has 3 rings (SSSR count). The number of thioether (sulfide) groups is 1. The lowest BCUT2D eigenvalue weighted by molar-refractivity contribution is 0.466. The van der Waals surface area contributed by atoms with Crippen LogP contribution in [0.1, 0.15) is 11.1 Å². The minimum Gasteiger partial charge on any atom is -0.410 e. The fraction of sp³-hybridized carbons (Fsp3) is 0.143. The Morgan fingerprint density at radius 2 is 2.10 bits per heavy atom. The van der Waals surface area contributed by atoms with E-state index in [1.165, 1.54) is 35.2 Å². The summed E-state index contributed by atoms with van der Waals surface area (Å²) in [6.45, 7) is 1.96. The van der Waals surface area contributed by atoms with Crippen molar-refractivity contribution in [2.24, 2.45) is 0 Å². The lowest BCUT2D eigenvalue weighted by atomic mass is 10.2. The number of aryl methyl sites for hydroxylation is 1. The van der Waals surface area contributed by atoms with E-state index in [0.717, 1.165) is 16.5 Å². The zero-order chi connectivity index (χ0) is 14.8. The molecule has 0 atom stereocenters. The third kappa shape index (κ3) is 2.98. The van der Waals surface area contributed by atoms with Gasteiger partial charge in [-0.2, -0.15) is 0 Å². The number of halogens is 2. The fourth-order valence-electron chi connectivity index (χ4n) is 1.75. The average molecular weight is 324 g/mol. The second kappa shape index (κ2) is 5.95. The maximum absolute atomic E-state index is 13.5. The quantitative estimate of drug-likeness (QED) is 0.653. The van der Waals surface area contributed by atoms with Crippen LogP contribution in [0, 0.1) is 18.6 Å². The Morgan fingerprint density at radius 3 is 2.86 bits per heavy atom. The standard InChI is InChI=1S/C14H10F2N2OS2/c1-8-5-6-20-12(8)13-17-18-14(19-13)21-7-9-3-2-4-10(15)11(9)16/h2-6H,7H2,1H3. The molecule has 0 fully saturated rings. The number of rotatable bonds is 4. The highest BCUT2D eigenvalue weighted by molar-refractivity contribution is 7.98. The smallest absolute Gasteiger partial charge is 0.277 e. The fourth-order valence-corrected chi connectivity index (χ4v) is 3.33. The number of hydrogen-bond donors (Lipinski definition) is 0. The monoisotopic (exact) mass is 324 g/mol. The molecule has 7 heteroatoms. The molecule has 0 N–H and O–H groups in total. The predicted molar refractivity (Wildman–Crippen MR) is 78.3 cm³/mol. The summed E-state index contributed by atoms with van der Waals surface area (Å²) in [5.41, 5.74) is 1.34. The van der Waals surface area contributed by atoms with Crippen molar-refractivity contribution in [2.75, 3.05) is 0 Å². The van der Waals surface area contributed by atoms with E-state index in [2.05, 4.69) is 10.2 Å². The van der Waals surface area contributed by atoms with Crippen molar-refractivity contribution in [3.05, 3.63) is 52.4 Å². The van der Waals surface area contributed by atoms with Gasteiger partial charge in [-0.1, -0.05) is 23.9 Å². The van der Waals surface area contributed by atoms with Crippen molar-refractivity contribution in [3.8, 4) is 10.8 Å². The Hall–Kier alpha value is -1.73. The van der Waals surface area contributed by atoms with Crippen LogP contribution < -0.4 is 0 Å². The molecule has 0 saturated heterocycles. The molecule has 0 unspecified atom stereocenters. The molecular weight excluding hydrogens is 314 g/mol. The minimum atomic E-state index is -0.853. The van der Waals surface area contributed by atoms with Gasteiger partial charge in [0.2, 0.25) is 0 Å². The van der Waals surface area contributed by atoms with Crippen LogP contribution in [0.2, 0.25) is 0 Å². The van der Waals surface area contributed by atoms with Gasteiger partial charge in [-0.05, 0) is 30.0 Å². The molecule has 0 aliphatic carbocycles. The first-order valence-electron chi connectivity index (χ1n) is 6.09. The van der Waals surface area contributed by atoms with Crippen LogP contribution in [0.15, 0.2) is 39.3 Å². The molecule has 108 valence electrons. The zero-order valence-corrected chi connectivity index (χ0v) is 12.6. The van der Waals surface area contributed by atoms with Crippen molar-refractivity contribution < 1.29 is 13.2 Å². The summed E-state index contributed by atoms with van der Waals surface area (Å²) in [5, 5.41) is 10.2. The molecule has 0 aliphatic rings. The van der Waals surface area contributed by atoms with E-state index < -0.39 is 11.6 Å². The Balaban J connectivity index is 1.73. The van der Waals surface area contributed by atoms with Crippen LogP contribution in [0.5, 0.6) is 0 Å². The summed E-state index contributed by atoms with van der Waals surface area (Å²) >= 11 is 2.70. The molecule has 2 heterocycles. The number of hydrogen-bond acceptors (Lipinski definition) is 5. The highest BCUT2D eigenvalue weighted by atomic mass is 32.2. The second-order valence-corrected chi connectivity index (χ2v) is 6.15. The number of nitrogens with zero attached hydrogens (tertiary/aromatic N) is 2. The molecule has 2 aromatic heterocycles. The molecule has 21 heavy (non-hydrogen) atoms. The van der Waals surface area contributed by atoms with Crippen LogP contribution >= 0.6 is 23.1 Å². The van der Waals surface area contributed by atoms with Crippen LogP contribution in [0.25, 0.3) is 10.8 Å². The summed E-state index contributed by atoms with van der Waals surface area (Å²) < 4.78 is 32.2. The minimum absolute atomic E-state index is 0.231. The first kappa shape index (κ1) is 14.2. The summed E-state index contributed by atoms with van der Waals surface area (Å²) in [7, 11) is 0. The Kier molecular flexibility index (Phi) is 4.03. The van der Waals surface area contributed by atoms with E-state index >= 15 is 0 Å². The summed E-state index contributed by atoms with van der Waals surface area (Å²) in [4.78, 5) is 0.922. The largest absolute Gasteiger partial charge is 0.410 e. The van der Waals surface area contributed by atoms with Gasteiger partial charge >= 0.3 is 0 Å². The molecule has 0 spiro atoms. The predicted octanol–water partition coefficient (Wildman–Crippen LogP) is 4.68. The first-order chi connectivity index (χ1) is 10.1. The van der Waals surface area contributed by atoms with E-state index in [1.807, 2.05) is 18.4 Å². The van der Waals surface area contributed by atoms with Gasteiger partial charge in [-0.3, -0.25) is 0 Å². The lowest BCUT2D eigenvalue weighted by Gasteiger charge is -2.00. The highest BCUT2D eigenvalue weighted by Crippen LogP contribution is 2.31. The SMILES string of the molecule is Cc1ccsc1-c1nnc(SCc2cccc(F)c2F)o1. The number of thiophene rings is 1. The van der Waals surface area contributed by atoms with Gasteiger partial charge in [0, 0.05) is 11.3 Å². The van der Waals surface area contributed by atoms with Gasteiger partial charge in [0.25, 0.3) is 11.1 Å². The van der Waals surface area contributed by atoms with Crippen LogP contribution in [-0.4, -0.2) is 10.2 Å².